The lowest BCUT2D eigenvalue weighted by Crippen LogP contribution is -2.56. The molecule has 0 aromatic rings. The quantitative estimate of drug-likeness (QED) is 0.737. The second-order valence-electron chi connectivity index (χ2n) is 6.03. The van der Waals surface area contributed by atoms with Crippen LogP contribution in [-0.2, 0) is 4.79 Å². The van der Waals surface area contributed by atoms with E-state index in [1.165, 1.54) is 25.9 Å². The molecule has 2 saturated heterocycles. The summed E-state index contributed by atoms with van der Waals surface area (Å²) in [6.07, 6.45) is 3.68. The minimum Gasteiger partial charge on any atom is -0.355 e. The van der Waals surface area contributed by atoms with E-state index in [-0.39, 0.29) is 11.9 Å². The molecule has 19 heavy (non-hydrogen) atoms. The molecule has 0 saturated carbocycles. The van der Waals surface area contributed by atoms with E-state index in [1.807, 2.05) is 7.05 Å². The van der Waals surface area contributed by atoms with Crippen molar-refractivity contribution in [1.82, 2.24) is 20.4 Å². The predicted octanol–water partition coefficient (Wildman–Crippen LogP) is -0.262. The van der Waals surface area contributed by atoms with Gasteiger partial charge in [0.25, 0.3) is 0 Å². The van der Waals surface area contributed by atoms with Gasteiger partial charge in [-0.1, -0.05) is 0 Å². The molecule has 2 heterocycles. The summed E-state index contributed by atoms with van der Waals surface area (Å²) in [6, 6.07) is 0.00578. The van der Waals surface area contributed by atoms with Crippen molar-refractivity contribution in [3.63, 3.8) is 0 Å². The summed E-state index contributed by atoms with van der Waals surface area (Å²) in [5, 5.41) is 6.39. The molecule has 0 radical (unpaired) electrons. The Hall–Kier alpha value is -0.650. The number of nitrogens with zero attached hydrogens (tertiary/aromatic N) is 2. The van der Waals surface area contributed by atoms with Gasteiger partial charge in [-0.05, 0) is 52.4 Å². The van der Waals surface area contributed by atoms with Crippen molar-refractivity contribution in [2.45, 2.75) is 25.3 Å². The molecule has 2 aliphatic heterocycles. The Morgan fingerprint density at radius 2 is 2.00 bits per heavy atom. The number of rotatable bonds is 4. The zero-order valence-electron chi connectivity index (χ0n) is 12.3. The van der Waals surface area contributed by atoms with E-state index in [0.29, 0.717) is 0 Å². The molecule has 0 bridgehead atoms. The Bertz CT molecular complexity index is 289. The van der Waals surface area contributed by atoms with Crippen LogP contribution < -0.4 is 10.6 Å². The van der Waals surface area contributed by atoms with Crippen LogP contribution in [0.3, 0.4) is 0 Å². The van der Waals surface area contributed by atoms with Crippen LogP contribution in [0.2, 0.25) is 0 Å². The summed E-state index contributed by atoms with van der Waals surface area (Å²) < 4.78 is 0. The Morgan fingerprint density at radius 1 is 1.26 bits per heavy atom. The monoisotopic (exact) mass is 268 g/mol. The van der Waals surface area contributed by atoms with Crippen molar-refractivity contribution in [3.8, 4) is 0 Å². The lowest BCUT2D eigenvalue weighted by molar-refractivity contribution is -0.126. The van der Waals surface area contributed by atoms with Crippen molar-refractivity contribution in [3.05, 3.63) is 0 Å². The molecule has 2 rings (SSSR count). The third-order valence-corrected chi connectivity index (χ3v) is 4.50. The predicted molar refractivity (Wildman–Crippen MR) is 77.1 cm³/mol. The Balaban J connectivity index is 1.63. The third-order valence-electron chi connectivity index (χ3n) is 4.50. The van der Waals surface area contributed by atoms with E-state index < -0.39 is 0 Å². The van der Waals surface area contributed by atoms with Gasteiger partial charge in [-0.15, -0.1) is 0 Å². The molecule has 5 nitrogen and oxygen atoms in total. The van der Waals surface area contributed by atoms with Gasteiger partial charge in [-0.3, -0.25) is 9.69 Å². The highest BCUT2D eigenvalue weighted by Crippen LogP contribution is 2.18. The van der Waals surface area contributed by atoms with E-state index in [0.717, 1.165) is 38.5 Å². The van der Waals surface area contributed by atoms with Crippen LogP contribution in [0.25, 0.3) is 0 Å². The molecule has 0 aliphatic carbocycles. The molecular weight excluding hydrogens is 240 g/mol. The molecule has 1 atom stereocenters. The molecule has 5 heteroatoms. The highest BCUT2D eigenvalue weighted by molar-refractivity contribution is 5.82. The second-order valence-corrected chi connectivity index (χ2v) is 6.03. The SMILES string of the molecule is CN1CCC(CCNC(=O)C2CNCCN2C)CC1. The average molecular weight is 268 g/mol. The first-order valence-corrected chi connectivity index (χ1v) is 7.54. The van der Waals surface area contributed by atoms with Crippen molar-refractivity contribution >= 4 is 5.91 Å². The van der Waals surface area contributed by atoms with Gasteiger partial charge in [0.1, 0.15) is 6.04 Å². The van der Waals surface area contributed by atoms with Gasteiger partial charge >= 0.3 is 0 Å². The second kappa shape index (κ2) is 7.22. The standard InChI is InChI=1S/C14H28N4O/c1-17-8-4-12(5-9-17)3-6-16-14(19)13-11-15-7-10-18(13)2/h12-13,15H,3-11H2,1-2H3,(H,16,19). The van der Waals surface area contributed by atoms with Gasteiger partial charge in [-0.2, -0.15) is 0 Å². The minimum absolute atomic E-state index is 0.00578. The number of nitrogens with one attached hydrogen (secondary N) is 2. The van der Waals surface area contributed by atoms with Gasteiger partial charge in [0.15, 0.2) is 0 Å². The average Bonchev–Trinajstić information content (AvgIpc) is 2.41. The van der Waals surface area contributed by atoms with Crippen molar-refractivity contribution in [2.75, 3.05) is 53.4 Å². The number of amides is 1. The first kappa shape index (κ1) is 14.8. The Morgan fingerprint density at radius 3 is 2.68 bits per heavy atom. The summed E-state index contributed by atoms with van der Waals surface area (Å²) in [5.74, 6) is 0.973. The van der Waals surface area contributed by atoms with Crippen LogP contribution >= 0.6 is 0 Å². The highest BCUT2D eigenvalue weighted by atomic mass is 16.2. The fraction of sp³-hybridized carbons (Fsp3) is 0.929. The largest absolute Gasteiger partial charge is 0.355 e. The molecule has 2 aliphatic rings. The number of carbonyl (C=O) groups is 1. The molecule has 0 aromatic carbocycles. The lowest BCUT2D eigenvalue weighted by Gasteiger charge is -2.32. The molecule has 0 aromatic heterocycles. The van der Waals surface area contributed by atoms with Gasteiger partial charge < -0.3 is 15.5 Å². The summed E-state index contributed by atoms with van der Waals surface area (Å²) in [4.78, 5) is 16.6. The highest BCUT2D eigenvalue weighted by Gasteiger charge is 2.25. The molecule has 1 amide bonds. The molecule has 0 spiro atoms. The number of hydrogen-bond acceptors (Lipinski definition) is 4. The maximum atomic E-state index is 12.1. The fourth-order valence-electron chi connectivity index (χ4n) is 2.97. The molecule has 2 N–H and O–H groups in total. The summed E-state index contributed by atoms with van der Waals surface area (Å²) >= 11 is 0. The number of likely N-dealkylation sites (N-methyl/N-ethyl adjacent to an activating group) is 1. The number of piperidine rings is 1. The van der Waals surface area contributed by atoms with Crippen LogP contribution in [0.15, 0.2) is 0 Å². The summed E-state index contributed by atoms with van der Waals surface area (Å²) in [5.41, 5.74) is 0. The van der Waals surface area contributed by atoms with Crippen LogP contribution in [0, 0.1) is 5.92 Å². The van der Waals surface area contributed by atoms with Crippen LogP contribution in [0.4, 0.5) is 0 Å². The van der Waals surface area contributed by atoms with E-state index in [1.54, 1.807) is 0 Å². The Kier molecular flexibility index (Phi) is 5.60. The molecule has 2 fully saturated rings. The summed E-state index contributed by atoms with van der Waals surface area (Å²) in [7, 11) is 4.21. The number of likely N-dealkylation sites (tertiary alicyclic amines) is 1. The van der Waals surface area contributed by atoms with Crippen LogP contribution in [0.1, 0.15) is 19.3 Å². The van der Waals surface area contributed by atoms with E-state index in [9.17, 15) is 4.79 Å². The number of piperazine rings is 1. The third kappa shape index (κ3) is 4.44. The van der Waals surface area contributed by atoms with Crippen molar-refractivity contribution < 1.29 is 4.79 Å². The lowest BCUT2D eigenvalue weighted by atomic mass is 9.94. The van der Waals surface area contributed by atoms with E-state index >= 15 is 0 Å². The van der Waals surface area contributed by atoms with Gasteiger partial charge in [0.2, 0.25) is 5.91 Å². The van der Waals surface area contributed by atoms with Crippen molar-refractivity contribution in [1.29, 1.82) is 0 Å². The zero-order valence-corrected chi connectivity index (χ0v) is 12.3. The maximum absolute atomic E-state index is 12.1. The van der Waals surface area contributed by atoms with E-state index in [2.05, 4.69) is 27.5 Å². The number of carbonyl (C=O) groups excluding carboxylic acids is 1. The zero-order chi connectivity index (χ0) is 13.7. The normalized spacial score (nSPS) is 27.4. The minimum atomic E-state index is 0.00578. The first-order valence-electron chi connectivity index (χ1n) is 7.54. The molecular formula is C14H28N4O. The van der Waals surface area contributed by atoms with Crippen molar-refractivity contribution in [2.24, 2.45) is 5.92 Å². The van der Waals surface area contributed by atoms with Crippen LogP contribution in [0.5, 0.6) is 0 Å². The van der Waals surface area contributed by atoms with Gasteiger partial charge in [-0.25, -0.2) is 0 Å². The Labute approximate surface area is 116 Å². The maximum Gasteiger partial charge on any atom is 0.238 e. The topological polar surface area (TPSA) is 47.6 Å². The molecule has 110 valence electrons. The van der Waals surface area contributed by atoms with E-state index in [4.69, 9.17) is 0 Å². The first-order chi connectivity index (χ1) is 9.16. The fourth-order valence-corrected chi connectivity index (χ4v) is 2.97. The van der Waals surface area contributed by atoms with Gasteiger partial charge in [0.05, 0.1) is 0 Å². The molecule has 1 unspecified atom stereocenters. The van der Waals surface area contributed by atoms with Crippen LogP contribution in [-0.4, -0.2) is 75.1 Å². The van der Waals surface area contributed by atoms with Gasteiger partial charge in [0, 0.05) is 26.2 Å². The number of hydrogen-bond donors (Lipinski definition) is 2. The summed E-state index contributed by atoms with van der Waals surface area (Å²) in [6.45, 7) is 5.94. The smallest absolute Gasteiger partial charge is 0.238 e.